The third kappa shape index (κ3) is 2.28. The molecule has 0 aliphatic carbocycles. The van der Waals surface area contributed by atoms with Crippen molar-refractivity contribution in [2.24, 2.45) is 5.73 Å². The van der Waals surface area contributed by atoms with E-state index in [4.69, 9.17) is 15.2 Å². The molecule has 0 unspecified atom stereocenters. The van der Waals surface area contributed by atoms with E-state index >= 15 is 0 Å². The van der Waals surface area contributed by atoms with Crippen LogP contribution in [0.1, 0.15) is 0 Å². The van der Waals surface area contributed by atoms with E-state index in [1.807, 2.05) is 18.2 Å². The molecule has 0 saturated carbocycles. The molecule has 1 aromatic carbocycles. The van der Waals surface area contributed by atoms with Crippen molar-refractivity contribution in [3.63, 3.8) is 0 Å². The Bertz CT molecular complexity index is 427. The highest BCUT2D eigenvalue weighted by atomic mass is 16.5. The Morgan fingerprint density at radius 1 is 1.56 bits per heavy atom. The van der Waals surface area contributed by atoms with Crippen molar-refractivity contribution in [2.45, 2.75) is 0 Å². The van der Waals surface area contributed by atoms with Crippen molar-refractivity contribution in [1.82, 2.24) is 0 Å². The summed E-state index contributed by atoms with van der Waals surface area (Å²) >= 11 is 0. The van der Waals surface area contributed by atoms with Gasteiger partial charge in [0, 0.05) is 12.6 Å². The number of fused-ring (bicyclic) bond motifs is 1. The van der Waals surface area contributed by atoms with Crippen LogP contribution >= 0.6 is 0 Å². The fourth-order valence-electron chi connectivity index (χ4n) is 1.46. The number of allylic oxidation sites excluding steroid dienone is 2. The quantitative estimate of drug-likeness (QED) is 0.600. The summed E-state index contributed by atoms with van der Waals surface area (Å²) in [5.74, 6) is 1.74. The van der Waals surface area contributed by atoms with Gasteiger partial charge in [-0.1, -0.05) is 12.7 Å². The van der Waals surface area contributed by atoms with Gasteiger partial charge < -0.3 is 20.5 Å². The zero-order valence-electron chi connectivity index (χ0n) is 8.90. The van der Waals surface area contributed by atoms with Crippen molar-refractivity contribution < 1.29 is 9.47 Å². The maximum absolute atomic E-state index is 5.60. The van der Waals surface area contributed by atoms with Gasteiger partial charge in [0.1, 0.15) is 18.1 Å². The third-order valence-corrected chi connectivity index (χ3v) is 2.15. The first kappa shape index (κ1) is 10.4. The molecule has 1 aliphatic rings. The molecule has 0 bridgehead atoms. The molecule has 0 atom stereocenters. The summed E-state index contributed by atoms with van der Waals surface area (Å²) in [6, 6.07) is 5.56. The van der Waals surface area contributed by atoms with Crippen LogP contribution in [-0.2, 0) is 0 Å². The van der Waals surface area contributed by atoms with Crippen LogP contribution in [0.25, 0.3) is 0 Å². The lowest BCUT2D eigenvalue weighted by Gasteiger charge is -2.19. The molecule has 0 amide bonds. The van der Waals surface area contributed by atoms with Gasteiger partial charge in [-0.05, 0) is 18.2 Å². The van der Waals surface area contributed by atoms with E-state index in [1.54, 1.807) is 12.2 Å². The van der Waals surface area contributed by atoms with E-state index in [-0.39, 0.29) is 0 Å². The normalized spacial score (nSPS) is 14.4. The van der Waals surface area contributed by atoms with Crippen molar-refractivity contribution in [3.8, 4) is 11.5 Å². The highest BCUT2D eigenvalue weighted by Crippen LogP contribution is 2.31. The molecule has 0 saturated heterocycles. The van der Waals surface area contributed by atoms with Crippen LogP contribution in [-0.4, -0.2) is 13.2 Å². The van der Waals surface area contributed by atoms with Crippen LogP contribution in [0.3, 0.4) is 0 Å². The lowest BCUT2D eigenvalue weighted by Crippen LogP contribution is -2.18. The molecule has 1 heterocycles. The van der Waals surface area contributed by atoms with Gasteiger partial charge >= 0.3 is 0 Å². The minimum Gasteiger partial charge on any atom is -0.489 e. The summed E-state index contributed by atoms with van der Waals surface area (Å²) < 4.78 is 10.9. The van der Waals surface area contributed by atoms with Crippen LogP contribution in [0.15, 0.2) is 42.8 Å². The van der Waals surface area contributed by atoms with Crippen molar-refractivity contribution in [3.05, 3.63) is 42.8 Å². The molecule has 0 fully saturated rings. The van der Waals surface area contributed by atoms with Crippen LogP contribution in [0.2, 0.25) is 0 Å². The van der Waals surface area contributed by atoms with Gasteiger partial charge in [0.25, 0.3) is 0 Å². The number of anilines is 1. The van der Waals surface area contributed by atoms with Crippen molar-refractivity contribution in [2.75, 3.05) is 18.5 Å². The maximum atomic E-state index is 5.60. The smallest absolute Gasteiger partial charge is 0.190 e. The Labute approximate surface area is 94.4 Å². The largest absolute Gasteiger partial charge is 0.489 e. The fourth-order valence-corrected chi connectivity index (χ4v) is 1.46. The molecule has 0 aromatic heterocycles. The number of rotatable bonds is 3. The van der Waals surface area contributed by atoms with E-state index in [9.17, 15) is 0 Å². The fraction of sp³-hybridized carbons (Fsp3) is 0.167. The highest BCUT2D eigenvalue weighted by Gasteiger charge is 2.10. The maximum Gasteiger partial charge on any atom is 0.190 e. The summed E-state index contributed by atoms with van der Waals surface area (Å²) in [7, 11) is 0. The number of nitrogens with two attached hydrogens (primary N) is 1. The van der Waals surface area contributed by atoms with Gasteiger partial charge in [0.2, 0.25) is 0 Å². The van der Waals surface area contributed by atoms with E-state index in [2.05, 4.69) is 11.9 Å². The first-order valence-electron chi connectivity index (χ1n) is 5.06. The average molecular weight is 218 g/mol. The third-order valence-electron chi connectivity index (χ3n) is 2.15. The van der Waals surface area contributed by atoms with Gasteiger partial charge in [-0.3, -0.25) is 0 Å². The highest BCUT2D eigenvalue weighted by molar-refractivity contribution is 5.60. The number of nitrogens with one attached hydrogen (secondary N) is 1. The van der Waals surface area contributed by atoms with Crippen LogP contribution in [0.5, 0.6) is 11.5 Å². The Morgan fingerprint density at radius 2 is 2.44 bits per heavy atom. The molecule has 4 heteroatoms. The molecular formula is C12H14N2O2. The zero-order chi connectivity index (χ0) is 11.4. The van der Waals surface area contributed by atoms with E-state index in [0.717, 1.165) is 18.0 Å². The monoisotopic (exact) mass is 218 g/mol. The summed E-state index contributed by atoms with van der Waals surface area (Å²) in [6.45, 7) is 5.03. The minimum atomic E-state index is 0.304. The SMILES string of the molecule is C=C/C=C(\N)Oc1ccc2c(c1)OCCN2. The standard InChI is InChI=1S/C12H14N2O2/c1-2-3-12(13)16-9-4-5-10-11(8-9)15-7-6-14-10/h2-5,8,14H,1,6-7,13H2/b12-3+. The van der Waals surface area contributed by atoms with Crippen molar-refractivity contribution >= 4 is 5.69 Å². The van der Waals surface area contributed by atoms with Gasteiger partial charge in [0.05, 0.1) is 5.69 Å². The molecule has 1 aromatic rings. The Morgan fingerprint density at radius 3 is 3.25 bits per heavy atom. The Kier molecular flexibility index (Phi) is 3.00. The lowest BCUT2D eigenvalue weighted by atomic mass is 10.2. The number of benzene rings is 1. The second-order valence-corrected chi connectivity index (χ2v) is 3.34. The molecule has 4 nitrogen and oxygen atoms in total. The Balaban J connectivity index is 2.17. The second-order valence-electron chi connectivity index (χ2n) is 3.34. The van der Waals surface area contributed by atoms with Gasteiger partial charge in [0.15, 0.2) is 5.88 Å². The average Bonchev–Trinajstić information content (AvgIpc) is 2.29. The number of hydrogen-bond donors (Lipinski definition) is 2. The second kappa shape index (κ2) is 4.61. The topological polar surface area (TPSA) is 56.5 Å². The van der Waals surface area contributed by atoms with Gasteiger partial charge in [-0.25, -0.2) is 0 Å². The first-order chi connectivity index (χ1) is 7.79. The molecule has 2 rings (SSSR count). The summed E-state index contributed by atoms with van der Waals surface area (Å²) in [5.41, 5.74) is 6.58. The van der Waals surface area contributed by atoms with Gasteiger partial charge in [-0.15, -0.1) is 0 Å². The number of ether oxygens (including phenoxy) is 2. The van der Waals surface area contributed by atoms with Crippen LogP contribution in [0, 0.1) is 0 Å². The molecule has 84 valence electrons. The zero-order valence-corrected chi connectivity index (χ0v) is 8.90. The predicted molar refractivity (Wildman–Crippen MR) is 63.5 cm³/mol. The Hall–Kier alpha value is -2.10. The van der Waals surface area contributed by atoms with E-state index in [0.29, 0.717) is 18.2 Å². The molecular weight excluding hydrogens is 204 g/mol. The molecule has 1 aliphatic heterocycles. The summed E-state index contributed by atoms with van der Waals surface area (Å²) in [4.78, 5) is 0. The summed E-state index contributed by atoms with van der Waals surface area (Å²) in [6.07, 6.45) is 3.17. The number of hydrogen-bond acceptors (Lipinski definition) is 4. The van der Waals surface area contributed by atoms with Crippen LogP contribution in [0.4, 0.5) is 5.69 Å². The van der Waals surface area contributed by atoms with Crippen LogP contribution < -0.4 is 20.5 Å². The lowest BCUT2D eigenvalue weighted by molar-refractivity contribution is 0.320. The molecule has 0 spiro atoms. The predicted octanol–water partition coefficient (Wildman–Crippen LogP) is 1.86. The summed E-state index contributed by atoms with van der Waals surface area (Å²) in [5, 5.41) is 3.23. The molecule has 3 N–H and O–H groups in total. The molecule has 16 heavy (non-hydrogen) atoms. The van der Waals surface area contributed by atoms with E-state index in [1.165, 1.54) is 0 Å². The van der Waals surface area contributed by atoms with E-state index < -0.39 is 0 Å². The first-order valence-corrected chi connectivity index (χ1v) is 5.06. The molecule has 0 radical (unpaired) electrons. The minimum absolute atomic E-state index is 0.304. The van der Waals surface area contributed by atoms with Gasteiger partial charge in [-0.2, -0.15) is 0 Å². The van der Waals surface area contributed by atoms with Crippen molar-refractivity contribution in [1.29, 1.82) is 0 Å².